The van der Waals surface area contributed by atoms with Gasteiger partial charge in [-0.2, -0.15) is 5.10 Å². The van der Waals surface area contributed by atoms with E-state index in [0.717, 1.165) is 24.2 Å². The zero-order valence-electron chi connectivity index (χ0n) is 10.7. The molecule has 0 aliphatic carbocycles. The van der Waals surface area contributed by atoms with E-state index in [1.165, 1.54) is 12.1 Å². The summed E-state index contributed by atoms with van der Waals surface area (Å²) in [5.74, 6) is -0.187. The average Bonchev–Trinajstić information content (AvgIpc) is 2.76. The van der Waals surface area contributed by atoms with Gasteiger partial charge in [-0.15, -0.1) is 0 Å². The summed E-state index contributed by atoms with van der Waals surface area (Å²) in [4.78, 5) is 0. The Morgan fingerprint density at radius 3 is 2.61 bits per heavy atom. The number of benzene rings is 1. The average molecular weight is 247 g/mol. The van der Waals surface area contributed by atoms with Crippen LogP contribution < -0.4 is 5.32 Å². The maximum Gasteiger partial charge on any atom is 0.123 e. The molecule has 3 nitrogen and oxygen atoms in total. The van der Waals surface area contributed by atoms with Crippen molar-refractivity contribution in [3.05, 3.63) is 53.6 Å². The summed E-state index contributed by atoms with van der Waals surface area (Å²) in [6.07, 6.45) is 2.81. The Morgan fingerprint density at radius 1 is 1.28 bits per heavy atom. The Morgan fingerprint density at radius 2 is 2.00 bits per heavy atom. The minimum absolute atomic E-state index is 0.187. The summed E-state index contributed by atoms with van der Waals surface area (Å²) < 4.78 is 14.6. The number of halogens is 1. The molecule has 1 aromatic heterocycles. The Labute approximate surface area is 107 Å². The molecule has 96 valence electrons. The molecule has 1 aromatic carbocycles. The summed E-state index contributed by atoms with van der Waals surface area (Å²) in [5.41, 5.74) is 2.17. The standard InChI is InChI=1S/C14H18FN3/c1-11(9-12-3-5-13(15)6-4-12)16-10-14-7-8-18(2)17-14/h3-8,11,16H,9-10H2,1-2H3. The fourth-order valence-corrected chi connectivity index (χ4v) is 1.88. The van der Waals surface area contributed by atoms with E-state index in [2.05, 4.69) is 17.3 Å². The predicted molar refractivity (Wildman–Crippen MR) is 69.6 cm³/mol. The summed E-state index contributed by atoms with van der Waals surface area (Å²) in [7, 11) is 1.91. The first kappa shape index (κ1) is 12.8. The van der Waals surface area contributed by atoms with Gasteiger partial charge in [0.1, 0.15) is 5.82 Å². The first-order valence-corrected chi connectivity index (χ1v) is 6.10. The molecule has 0 saturated heterocycles. The van der Waals surface area contributed by atoms with Gasteiger partial charge in [0.05, 0.1) is 5.69 Å². The maximum absolute atomic E-state index is 12.8. The quantitative estimate of drug-likeness (QED) is 0.878. The van der Waals surface area contributed by atoms with Gasteiger partial charge in [-0.1, -0.05) is 12.1 Å². The summed E-state index contributed by atoms with van der Waals surface area (Å²) in [6, 6.07) is 8.99. The van der Waals surface area contributed by atoms with Crippen molar-refractivity contribution in [3.63, 3.8) is 0 Å². The van der Waals surface area contributed by atoms with Crippen LogP contribution in [0.4, 0.5) is 4.39 Å². The number of aromatic nitrogens is 2. The van der Waals surface area contributed by atoms with Crippen molar-refractivity contribution >= 4 is 0 Å². The minimum atomic E-state index is -0.187. The number of hydrogen-bond acceptors (Lipinski definition) is 2. The number of hydrogen-bond donors (Lipinski definition) is 1. The molecule has 0 radical (unpaired) electrons. The van der Waals surface area contributed by atoms with Crippen molar-refractivity contribution in [3.8, 4) is 0 Å². The third-order valence-corrected chi connectivity index (χ3v) is 2.86. The van der Waals surface area contributed by atoms with Gasteiger partial charge in [0.15, 0.2) is 0 Å². The van der Waals surface area contributed by atoms with E-state index in [9.17, 15) is 4.39 Å². The van der Waals surface area contributed by atoms with Crippen molar-refractivity contribution in [2.24, 2.45) is 7.05 Å². The molecule has 2 rings (SSSR count). The lowest BCUT2D eigenvalue weighted by molar-refractivity contribution is 0.535. The van der Waals surface area contributed by atoms with E-state index in [0.29, 0.717) is 6.04 Å². The van der Waals surface area contributed by atoms with Crippen molar-refractivity contribution in [2.75, 3.05) is 0 Å². The zero-order chi connectivity index (χ0) is 13.0. The van der Waals surface area contributed by atoms with Gasteiger partial charge < -0.3 is 5.32 Å². The monoisotopic (exact) mass is 247 g/mol. The van der Waals surface area contributed by atoms with Crippen molar-refractivity contribution in [1.29, 1.82) is 0 Å². The van der Waals surface area contributed by atoms with Crippen LogP contribution >= 0.6 is 0 Å². The van der Waals surface area contributed by atoms with Gasteiger partial charge in [-0.3, -0.25) is 4.68 Å². The van der Waals surface area contributed by atoms with Crippen molar-refractivity contribution in [2.45, 2.75) is 25.9 Å². The molecular formula is C14H18FN3. The van der Waals surface area contributed by atoms with Gasteiger partial charge in [0, 0.05) is 25.8 Å². The minimum Gasteiger partial charge on any atom is -0.308 e. The third kappa shape index (κ3) is 3.67. The highest BCUT2D eigenvalue weighted by Crippen LogP contribution is 2.06. The Bertz CT molecular complexity index is 490. The molecule has 1 atom stereocenters. The number of nitrogens with zero attached hydrogens (tertiary/aromatic N) is 2. The largest absolute Gasteiger partial charge is 0.308 e. The molecule has 18 heavy (non-hydrogen) atoms. The molecule has 1 unspecified atom stereocenters. The lowest BCUT2D eigenvalue weighted by Gasteiger charge is -2.12. The lowest BCUT2D eigenvalue weighted by Crippen LogP contribution is -2.27. The molecular weight excluding hydrogens is 229 g/mol. The van der Waals surface area contributed by atoms with Crippen LogP contribution in [-0.4, -0.2) is 15.8 Å². The smallest absolute Gasteiger partial charge is 0.123 e. The van der Waals surface area contributed by atoms with Gasteiger partial charge in [0.25, 0.3) is 0 Å². The van der Waals surface area contributed by atoms with Crippen LogP contribution in [0.1, 0.15) is 18.2 Å². The van der Waals surface area contributed by atoms with Crippen molar-refractivity contribution in [1.82, 2.24) is 15.1 Å². The van der Waals surface area contributed by atoms with Crippen LogP contribution in [0, 0.1) is 5.82 Å². The molecule has 4 heteroatoms. The van der Waals surface area contributed by atoms with E-state index in [1.807, 2.05) is 31.4 Å². The predicted octanol–water partition coefficient (Wildman–Crippen LogP) is 2.28. The Hall–Kier alpha value is -1.68. The molecule has 0 saturated carbocycles. The van der Waals surface area contributed by atoms with Crippen LogP contribution in [0.2, 0.25) is 0 Å². The van der Waals surface area contributed by atoms with E-state index in [-0.39, 0.29) is 5.82 Å². The van der Waals surface area contributed by atoms with Crippen LogP contribution in [0.15, 0.2) is 36.5 Å². The Kier molecular flexibility index (Phi) is 4.10. The van der Waals surface area contributed by atoms with Crippen LogP contribution in [0.25, 0.3) is 0 Å². The van der Waals surface area contributed by atoms with Gasteiger partial charge >= 0.3 is 0 Å². The number of nitrogens with one attached hydrogen (secondary N) is 1. The molecule has 0 bridgehead atoms. The third-order valence-electron chi connectivity index (χ3n) is 2.86. The van der Waals surface area contributed by atoms with Crippen LogP contribution in [0.5, 0.6) is 0 Å². The molecule has 1 heterocycles. The maximum atomic E-state index is 12.8. The number of rotatable bonds is 5. The highest BCUT2D eigenvalue weighted by molar-refractivity contribution is 5.17. The Balaban J connectivity index is 1.81. The van der Waals surface area contributed by atoms with Crippen LogP contribution in [-0.2, 0) is 20.0 Å². The van der Waals surface area contributed by atoms with Gasteiger partial charge in [0.2, 0.25) is 0 Å². The zero-order valence-corrected chi connectivity index (χ0v) is 10.7. The topological polar surface area (TPSA) is 29.9 Å². The fraction of sp³-hybridized carbons (Fsp3) is 0.357. The van der Waals surface area contributed by atoms with Gasteiger partial charge in [-0.05, 0) is 37.1 Å². The molecule has 0 fully saturated rings. The highest BCUT2D eigenvalue weighted by atomic mass is 19.1. The first-order valence-electron chi connectivity index (χ1n) is 6.10. The molecule has 2 aromatic rings. The molecule has 0 aliphatic rings. The van der Waals surface area contributed by atoms with E-state index < -0.39 is 0 Å². The van der Waals surface area contributed by atoms with Gasteiger partial charge in [-0.25, -0.2) is 4.39 Å². The second kappa shape index (κ2) is 5.78. The molecule has 0 amide bonds. The SMILES string of the molecule is CC(Cc1ccc(F)cc1)NCc1ccn(C)n1. The second-order valence-corrected chi connectivity index (χ2v) is 4.59. The lowest BCUT2D eigenvalue weighted by atomic mass is 10.1. The summed E-state index contributed by atoms with van der Waals surface area (Å²) >= 11 is 0. The van der Waals surface area contributed by atoms with Crippen molar-refractivity contribution < 1.29 is 4.39 Å². The molecule has 0 spiro atoms. The normalized spacial score (nSPS) is 12.6. The summed E-state index contributed by atoms with van der Waals surface area (Å²) in [5, 5.41) is 7.71. The van der Waals surface area contributed by atoms with E-state index >= 15 is 0 Å². The first-order chi connectivity index (χ1) is 8.63. The highest BCUT2D eigenvalue weighted by Gasteiger charge is 2.04. The molecule has 1 N–H and O–H groups in total. The summed E-state index contributed by atoms with van der Waals surface area (Å²) in [6.45, 7) is 2.87. The van der Waals surface area contributed by atoms with E-state index in [4.69, 9.17) is 0 Å². The fourth-order valence-electron chi connectivity index (χ4n) is 1.88. The number of aryl methyl sites for hydroxylation is 1. The second-order valence-electron chi connectivity index (χ2n) is 4.59. The van der Waals surface area contributed by atoms with Crippen LogP contribution in [0.3, 0.4) is 0 Å². The molecule has 0 aliphatic heterocycles. The van der Waals surface area contributed by atoms with E-state index in [1.54, 1.807) is 4.68 Å².